The average molecular weight is 166 g/mol. The smallest absolute Gasteiger partial charge is 0.00857 e. The van der Waals surface area contributed by atoms with Crippen molar-refractivity contribution in [3.8, 4) is 0 Å². The van der Waals surface area contributed by atoms with Gasteiger partial charge in [-0.25, -0.2) is 0 Å². The standard InChI is InChI=1S/C10H14S/c1-6-4-10-9(8(6)3)5-7(2)11-10/h5-6,8H,4H2,1-3H3. The second-order valence-corrected chi connectivity index (χ2v) is 5.05. The van der Waals surface area contributed by atoms with Gasteiger partial charge < -0.3 is 0 Å². The van der Waals surface area contributed by atoms with Crippen LogP contribution in [-0.2, 0) is 6.42 Å². The van der Waals surface area contributed by atoms with Gasteiger partial charge >= 0.3 is 0 Å². The molecule has 0 radical (unpaired) electrons. The summed E-state index contributed by atoms with van der Waals surface area (Å²) in [5.41, 5.74) is 1.63. The molecule has 2 rings (SSSR count). The molecule has 60 valence electrons. The van der Waals surface area contributed by atoms with Crippen LogP contribution >= 0.6 is 11.3 Å². The molecule has 0 aromatic carbocycles. The molecule has 11 heavy (non-hydrogen) atoms. The third-order valence-electron chi connectivity index (χ3n) is 2.82. The van der Waals surface area contributed by atoms with E-state index >= 15 is 0 Å². The predicted octanol–water partition coefficient (Wildman–Crippen LogP) is 3.35. The first kappa shape index (κ1) is 7.35. The van der Waals surface area contributed by atoms with E-state index in [-0.39, 0.29) is 0 Å². The minimum atomic E-state index is 0.801. The van der Waals surface area contributed by atoms with Crippen LogP contribution < -0.4 is 0 Å². The molecule has 0 aliphatic heterocycles. The fourth-order valence-electron chi connectivity index (χ4n) is 1.90. The molecule has 0 nitrogen and oxygen atoms in total. The Hall–Kier alpha value is -0.300. The molecular weight excluding hydrogens is 152 g/mol. The third kappa shape index (κ3) is 1.02. The Morgan fingerprint density at radius 1 is 1.45 bits per heavy atom. The zero-order valence-electron chi connectivity index (χ0n) is 7.35. The first-order chi connectivity index (χ1) is 5.18. The lowest BCUT2D eigenvalue weighted by Crippen LogP contribution is -1.97. The number of hydrogen-bond acceptors (Lipinski definition) is 1. The Kier molecular flexibility index (Phi) is 1.57. The van der Waals surface area contributed by atoms with E-state index in [0.717, 1.165) is 11.8 Å². The summed E-state index contributed by atoms with van der Waals surface area (Å²) in [5, 5.41) is 0. The van der Waals surface area contributed by atoms with Crippen molar-refractivity contribution in [2.45, 2.75) is 33.1 Å². The van der Waals surface area contributed by atoms with Crippen LogP contribution in [0.5, 0.6) is 0 Å². The van der Waals surface area contributed by atoms with Gasteiger partial charge in [0.15, 0.2) is 0 Å². The summed E-state index contributed by atoms with van der Waals surface area (Å²) in [4.78, 5) is 3.12. The fraction of sp³-hybridized carbons (Fsp3) is 0.600. The molecule has 1 aliphatic carbocycles. The molecule has 0 N–H and O–H groups in total. The molecule has 1 aromatic heterocycles. The Morgan fingerprint density at radius 2 is 2.18 bits per heavy atom. The fourth-order valence-corrected chi connectivity index (χ4v) is 3.19. The lowest BCUT2D eigenvalue weighted by molar-refractivity contribution is 0.532. The van der Waals surface area contributed by atoms with Gasteiger partial charge in [0.2, 0.25) is 0 Å². The first-order valence-corrected chi connectivity index (χ1v) is 5.09. The quantitative estimate of drug-likeness (QED) is 0.554. The number of aryl methyl sites for hydroxylation is 1. The maximum absolute atomic E-state index is 2.37. The van der Waals surface area contributed by atoms with Crippen molar-refractivity contribution >= 4 is 11.3 Å². The number of hydrogen-bond donors (Lipinski definition) is 0. The monoisotopic (exact) mass is 166 g/mol. The Morgan fingerprint density at radius 3 is 2.82 bits per heavy atom. The van der Waals surface area contributed by atoms with E-state index < -0.39 is 0 Å². The molecule has 0 spiro atoms. The molecule has 1 aliphatic rings. The van der Waals surface area contributed by atoms with Gasteiger partial charge in [0.1, 0.15) is 0 Å². The van der Waals surface area contributed by atoms with Crippen LogP contribution in [0.25, 0.3) is 0 Å². The summed E-state index contributed by atoms with van der Waals surface area (Å²) in [6.45, 7) is 6.91. The van der Waals surface area contributed by atoms with Gasteiger partial charge in [-0.3, -0.25) is 0 Å². The summed E-state index contributed by atoms with van der Waals surface area (Å²) < 4.78 is 0. The molecule has 0 amide bonds. The van der Waals surface area contributed by atoms with E-state index in [4.69, 9.17) is 0 Å². The van der Waals surface area contributed by atoms with Crippen molar-refractivity contribution in [3.05, 3.63) is 21.4 Å². The highest BCUT2D eigenvalue weighted by atomic mass is 32.1. The Labute approximate surface area is 72.3 Å². The first-order valence-electron chi connectivity index (χ1n) is 4.27. The van der Waals surface area contributed by atoms with Crippen LogP contribution in [-0.4, -0.2) is 0 Å². The molecule has 0 fully saturated rings. The lowest BCUT2D eigenvalue weighted by Gasteiger charge is -2.08. The second-order valence-electron chi connectivity index (χ2n) is 3.71. The van der Waals surface area contributed by atoms with E-state index in [1.54, 1.807) is 10.4 Å². The highest BCUT2D eigenvalue weighted by Crippen LogP contribution is 2.41. The summed E-state index contributed by atoms with van der Waals surface area (Å²) in [5.74, 6) is 1.67. The highest BCUT2D eigenvalue weighted by Gasteiger charge is 2.27. The van der Waals surface area contributed by atoms with Gasteiger partial charge in [-0.1, -0.05) is 13.8 Å². The van der Waals surface area contributed by atoms with Crippen LogP contribution in [0, 0.1) is 12.8 Å². The second kappa shape index (κ2) is 2.34. The SMILES string of the molecule is Cc1cc2c(s1)CC(C)C2C. The van der Waals surface area contributed by atoms with Crippen LogP contribution in [0.15, 0.2) is 6.07 Å². The minimum Gasteiger partial charge on any atom is -0.145 e. The molecule has 2 atom stereocenters. The zero-order valence-corrected chi connectivity index (χ0v) is 8.16. The Bertz CT molecular complexity index is 272. The van der Waals surface area contributed by atoms with Gasteiger partial charge in [0, 0.05) is 9.75 Å². The van der Waals surface area contributed by atoms with Crippen molar-refractivity contribution in [2.75, 3.05) is 0 Å². The minimum absolute atomic E-state index is 0.801. The van der Waals surface area contributed by atoms with Gasteiger partial charge in [0.05, 0.1) is 0 Å². The van der Waals surface area contributed by atoms with Crippen molar-refractivity contribution < 1.29 is 0 Å². The number of rotatable bonds is 0. The maximum atomic E-state index is 2.37. The molecule has 0 bridgehead atoms. The topological polar surface area (TPSA) is 0 Å². The molecule has 1 heterocycles. The van der Waals surface area contributed by atoms with Gasteiger partial charge in [0.25, 0.3) is 0 Å². The molecule has 0 saturated heterocycles. The maximum Gasteiger partial charge on any atom is 0.00857 e. The molecule has 1 aromatic rings. The molecule has 1 heteroatoms. The van der Waals surface area contributed by atoms with Crippen LogP contribution in [0.4, 0.5) is 0 Å². The normalized spacial score (nSPS) is 29.0. The van der Waals surface area contributed by atoms with Crippen molar-refractivity contribution in [1.82, 2.24) is 0 Å². The summed E-state index contributed by atoms with van der Waals surface area (Å²) in [6.07, 6.45) is 1.31. The van der Waals surface area contributed by atoms with E-state index in [0.29, 0.717) is 0 Å². The van der Waals surface area contributed by atoms with Crippen molar-refractivity contribution in [3.63, 3.8) is 0 Å². The highest BCUT2D eigenvalue weighted by molar-refractivity contribution is 7.12. The van der Waals surface area contributed by atoms with Crippen molar-refractivity contribution in [1.29, 1.82) is 0 Å². The number of fused-ring (bicyclic) bond motifs is 1. The third-order valence-corrected chi connectivity index (χ3v) is 3.91. The predicted molar refractivity (Wildman–Crippen MR) is 50.3 cm³/mol. The zero-order chi connectivity index (χ0) is 8.01. The number of thiophene rings is 1. The summed E-state index contributed by atoms with van der Waals surface area (Å²) in [7, 11) is 0. The van der Waals surface area contributed by atoms with Gasteiger partial charge in [-0.05, 0) is 36.8 Å². The largest absolute Gasteiger partial charge is 0.145 e. The van der Waals surface area contributed by atoms with E-state index in [1.807, 2.05) is 11.3 Å². The average Bonchev–Trinajstić information content (AvgIpc) is 2.37. The summed E-state index contributed by atoms with van der Waals surface area (Å²) in [6, 6.07) is 2.37. The Balaban J connectivity index is 2.44. The van der Waals surface area contributed by atoms with Gasteiger partial charge in [-0.15, -0.1) is 11.3 Å². The molecular formula is C10H14S. The lowest BCUT2D eigenvalue weighted by atomic mass is 9.97. The van der Waals surface area contributed by atoms with Gasteiger partial charge in [-0.2, -0.15) is 0 Å². The van der Waals surface area contributed by atoms with Crippen LogP contribution in [0.3, 0.4) is 0 Å². The molecule has 2 unspecified atom stereocenters. The van der Waals surface area contributed by atoms with E-state index in [2.05, 4.69) is 26.8 Å². The summed E-state index contributed by atoms with van der Waals surface area (Å²) >= 11 is 1.98. The van der Waals surface area contributed by atoms with Crippen LogP contribution in [0.2, 0.25) is 0 Å². The van der Waals surface area contributed by atoms with E-state index in [1.165, 1.54) is 11.3 Å². The van der Waals surface area contributed by atoms with E-state index in [9.17, 15) is 0 Å². The van der Waals surface area contributed by atoms with Crippen LogP contribution in [0.1, 0.15) is 35.1 Å². The van der Waals surface area contributed by atoms with Crippen molar-refractivity contribution in [2.24, 2.45) is 5.92 Å². The molecule has 0 saturated carbocycles.